The maximum Gasteiger partial charge on any atom is 0.226 e. The summed E-state index contributed by atoms with van der Waals surface area (Å²) >= 11 is 7.55. The van der Waals surface area contributed by atoms with Gasteiger partial charge in [-0.2, -0.15) is 9.78 Å². The van der Waals surface area contributed by atoms with E-state index in [2.05, 4.69) is 15.4 Å². The summed E-state index contributed by atoms with van der Waals surface area (Å²) in [6.45, 7) is 0. The highest BCUT2D eigenvalue weighted by Crippen LogP contribution is 2.39. The Labute approximate surface area is 158 Å². The first-order valence-electron chi connectivity index (χ1n) is 8.18. The van der Waals surface area contributed by atoms with E-state index < -0.39 is 0 Å². The maximum atomic E-state index is 12.3. The van der Waals surface area contributed by atoms with Gasteiger partial charge in [0.1, 0.15) is 5.82 Å². The van der Waals surface area contributed by atoms with Gasteiger partial charge >= 0.3 is 0 Å². The molecule has 0 radical (unpaired) electrons. The summed E-state index contributed by atoms with van der Waals surface area (Å²) in [5.74, 6) is 0.625. The fourth-order valence-electron chi connectivity index (χ4n) is 3.31. The molecule has 26 heavy (non-hydrogen) atoms. The third kappa shape index (κ3) is 2.50. The predicted molar refractivity (Wildman–Crippen MR) is 103 cm³/mol. The zero-order valence-corrected chi connectivity index (χ0v) is 15.1. The van der Waals surface area contributed by atoms with Gasteiger partial charge < -0.3 is 5.32 Å². The van der Waals surface area contributed by atoms with E-state index in [-0.39, 0.29) is 11.8 Å². The highest BCUT2D eigenvalue weighted by molar-refractivity contribution is 7.20. The largest absolute Gasteiger partial charge is 0.310 e. The Morgan fingerprint density at radius 3 is 2.77 bits per heavy atom. The van der Waals surface area contributed by atoms with Crippen LogP contribution in [0.4, 0.5) is 5.82 Å². The summed E-state index contributed by atoms with van der Waals surface area (Å²) in [5.41, 5.74) is 2.97. The van der Waals surface area contributed by atoms with Gasteiger partial charge in [-0.1, -0.05) is 47.2 Å². The van der Waals surface area contributed by atoms with Crippen LogP contribution in [0.3, 0.4) is 0 Å². The number of anilines is 1. The van der Waals surface area contributed by atoms with E-state index in [9.17, 15) is 4.79 Å². The van der Waals surface area contributed by atoms with E-state index in [0.29, 0.717) is 17.3 Å². The number of benzene rings is 2. The molecule has 3 heterocycles. The van der Waals surface area contributed by atoms with Gasteiger partial charge in [-0.3, -0.25) is 4.79 Å². The van der Waals surface area contributed by atoms with Crippen LogP contribution in [0, 0.1) is 0 Å². The van der Waals surface area contributed by atoms with Gasteiger partial charge in [0.05, 0.1) is 16.4 Å². The maximum absolute atomic E-state index is 12.3. The number of nitrogens with zero attached hydrogens (tertiary/aromatic N) is 3. The average Bonchev–Trinajstić information content (AvgIpc) is 3.25. The number of hydrogen-bond donors (Lipinski definition) is 1. The van der Waals surface area contributed by atoms with E-state index >= 15 is 0 Å². The molecule has 7 heteroatoms. The second-order valence-corrected chi connectivity index (χ2v) is 7.63. The van der Waals surface area contributed by atoms with Crippen LogP contribution < -0.4 is 5.32 Å². The molecule has 1 aliphatic rings. The molecule has 0 unspecified atom stereocenters. The van der Waals surface area contributed by atoms with Crippen molar-refractivity contribution in [2.24, 2.45) is 0 Å². The van der Waals surface area contributed by atoms with E-state index in [1.165, 1.54) is 0 Å². The number of carbonyl (C=O) groups excluding carboxylic acids is 1. The Morgan fingerprint density at radius 1 is 1.15 bits per heavy atom. The topological polar surface area (TPSA) is 59.8 Å². The predicted octanol–water partition coefficient (Wildman–Crippen LogP) is 4.61. The van der Waals surface area contributed by atoms with Crippen molar-refractivity contribution >= 4 is 44.9 Å². The second-order valence-electron chi connectivity index (χ2n) is 6.18. The lowest BCUT2D eigenvalue weighted by Crippen LogP contribution is -2.24. The van der Waals surface area contributed by atoms with Crippen LogP contribution in [-0.2, 0) is 4.79 Å². The van der Waals surface area contributed by atoms with E-state index in [0.717, 1.165) is 26.5 Å². The first-order chi connectivity index (χ1) is 12.7. The Bertz CT molecular complexity index is 1100. The first kappa shape index (κ1) is 15.5. The van der Waals surface area contributed by atoms with Gasteiger partial charge in [0.2, 0.25) is 11.0 Å². The Kier molecular flexibility index (Phi) is 3.55. The molecule has 1 amide bonds. The summed E-state index contributed by atoms with van der Waals surface area (Å²) in [5, 5.41) is 8.90. The fourth-order valence-corrected chi connectivity index (χ4v) is 4.36. The summed E-state index contributed by atoms with van der Waals surface area (Å²) in [7, 11) is 0. The molecule has 0 bridgehead atoms. The van der Waals surface area contributed by atoms with Crippen molar-refractivity contribution < 1.29 is 4.79 Å². The van der Waals surface area contributed by atoms with Crippen LogP contribution in [0.1, 0.15) is 23.5 Å². The first-order valence-corrected chi connectivity index (χ1v) is 9.37. The van der Waals surface area contributed by atoms with Crippen LogP contribution in [-0.4, -0.2) is 20.7 Å². The molecule has 5 rings (SSSR count). The van der Waals surface area contributed by atoms with Crippen LogP contribution >= 0.6 is 22.9 Å². The number of hydrogen-bond acceptors (Lipinski definition) is 4. The molecular formula is C19H13ClN4OS. The van der Waals surface area contributed by atoms with Crippen LogP contribution in [0.25, 0.3) is 15.3 Å². The van der Waals surface area contributed by atoms with Gasteiger partial charge in [0.15, 0.2) is 0 Å². The van der Waals surface area contributed by atoms with Gasteiger partial charge in [0, 0.05) is 22.9 Å². The molecular weight excluding hydrogens is 368 g/mol. The van der Waals surface area contributed by atoms with Gasteiger partial charge in [-0.05, 0) is 29.8 Å². The molecule has 0 fully saturated rings. The van der Waals surface area contributed by atoms with Crippen molar-refractivity contribution in [3.05, 3.63) is 70.9 Å². The summed E-state index contributed by atoms with van der Waals surface area (Å²) in [4.78, 5) is 17.0. The lowest BCUT2D eigenvalue weighted by Gasteiger charge is -2.23. The normalized spacial score (nSPS) is 16.5. The minimum absolute atomic E-state index is 0.0275. The zero-order valence-electron chi connectivity index (χ0n) is 13.5. The molecule has 2 aromatic carbocycles. The van der Waals surface area contributed by atoms with Crippen LogP contribution in [0.5, 0.6) is 0 Å². The lowest BCUT2D eigenvalue weighted by atomic mass is 9.87. The Hall–Kier alpha value is -2.70. The molecule has 0 saturated heterocycles. The molecule has 128 valence electrons. The van der Waals surface area contributed by atoms with Crippen molar-refractivity contribution in [2.75, 3.05) is 5.32 Å². The monoisotopic (exact) mass is 380 g/mol. The Balaban J connectivity index is 1.63. The number of aromatic nitrogens is 3. The third-order valence-corrected chi connectivity index (χ3v) is 5.82. The van der Waals surface area contributed by atoms with Crippen molar-refractivity contribution in [1.29, 1.82) is 0 Å². The van der Waals surface area contributed by atoms with Gasteiger partial charge in [0.25, 0.3) is 0 Å². The fraction of sp³-hybridized carbons (Fsp3) is 0.105. The second kappa shape index (κ2) is 5.93. The standard InChI is InChI=1S/C19H13ClN4OS/c20-12-7-5-11(6-8-12)13-9-17(25)23-18-14(13)10-21-24(18)19-22-15-3-1-2-4-16(15)26-19/h1-8,10,13H,9H2,(H,23,25)/t13-/m0/s1. The number of amides is 1. The van der Waals surface area contributed by atoms with Gasteiger partial charge in [-0.15, -0.1) is 0 Å². The van der Waals surface area contributed by atoms with E-state index in [1.54, 1.807) is 16.0 Å². The summed E-state index contributed by atoms with van der Waals surface area (Å²) < 4.78 is 2.81. The number of nitrogens with one attached hydrogen (secondary N) is 1. The highest BCUT2D eigenvalue weighted by Gasteiger charge is 2.31. The average molecular weight is 381 g/mol. The van der Waals surface area contributed by atoms with E-state index in [1.807, 2.05) is 54.7 Å². The quantitative estimate of drug-likeness (QED) is 0.552. The molecule has 0 saturated carbocycles. The minimum Gasteiger partial charge on any atom is -0.310 e. The third-order valence-electron chi connectivity index (χ3n) is 4.56. The number of para-hydroxylation sites is 1. The molecule has 2 aromatic heterocycles. The molecule has 4 aromatic rings. The number of thiazole rings is 1. The SMILES string of the molecule is O=C1C[C@@H](c2ccc(Cl)cc2)c2cnn(-c3nc4ccccc4s3)c2N1. The number of carbonyl (C=O) groups is 1. The van der Waals surface area contributed by atoms with Crippen molar-refractivity contribution in [1.82, 2.24) is 14.8 Å². The van der Waals surface area contributed by atoms with Gasteiger partial charge in [-0.25, -0.2) is 4.98 Å². The number of rotatable bonds is 2. The zero-order chi connectivity index (χ0) is 17.7. The smallest absolute Gasteiger partial charge is 0.226 e. The highest BCUT2D eigenvalue weighted by atomic mass is 35.5. The molecule has 1 N–H and O–H groups in total. The summed E-state index contributed by atoms with van der Waals surface area (Å²) in [6.07, 6.45) is 2.21. The minimum atomic E-state index is -0.0425. The molecule has 5 nitrogen and oxygen atoms in total. The molecule has 0 spiro atoms. The Morgan fingerprint density at radius 2 is 1.96 bits per heavy atom. The summed E-state index contributed by atoms with van der Waals surface area (Å²) in [6, 6.07) is 15.6. The molecule has 1 aliphatic heterocycles. The van der Waals surface area contributed by atoms with Crippen LogP contribution in [0.2, 0.25) is 5.02 Å². The van der Waals surface area contributed by atoms with Crippen molar-refractivity contribution in [2.45, 2.75) is 12.3 Å². The number of fused-ring (bicyclic) bond motifs is 2. The van der Waals surface area contributed by atoms with Crippen molar-refractivity contribution in [3.8, 4) is 5.13 Å². The number of halogens is 1. The molecule has 1 atom stereocenters. The lowest BCUT2D eigenvalue weighted by molar-refractivity contribution is -0.116. The molecule has 0 aliphatic carbocycles. The van der Waals surface area contributed by atoms with Crippen LogP contribution in [0.15, 0.2) is 54.7 Å². The van der Waals surface area contributed by atoms with Crippen molar-refractivity contribution in [3.63, 3.8) is 0 Å². The van der Waals surface area contributed by atoms with E-state index in [4.69, 9.17) is 11.6 Å².